The summed E-state index contributed by atoms with van der Waals surface area (Å²) in [6.45, 7) is 4.28. The Kier molecular flexibility index (Phi) is 7.48. The number of aliphatic hydroxyl groups is 1. The Bertz CT molecular complexity index is 946. The van der Waals surface area contributed by atoms with Gasteiger partial charge in [0.1, 0.15) is 6.54 Å². The molecule has 5 heterocycles. The number of fused-ring (bicyclic) bond motifs is 3. The lowest BCUT2D eigenvalue weighted by molar-refractivity contribution is -0.945. The van der Waals surface area contributed by atoms with Crippen molar-refractivity contribution in [1.82, 2.24) is 10.6 Å². The molecule has 35 heavy (non-hydrogen) atoms. The topological polar surface area (TPSA) is 87.7 Å². The standard InChI is InChI=1S/C26H35N3O4S2/c30-24(26(32,22-8-4-16-34-22)23-9-5-17-35-23)33-21-18-29(13-10-19(21)11-14-29)15-12-27-25(31)28-20-6-2-1-3-7-20/h4-5,8-9,16-17,19-21,32H,1-3,6-7,10-15,18H2,(H-,27,28,31)/p+1/t19?,21-,29?/m0/s1. The average molecular weight is 519 g/mol. The third-order valence-electron chi connectivity index (χ3n) is 8.16. The van der Waals surface area contributed by atoms with Crippen LogP contribution in [0.5, 0.6) is 0 Å². The minimum atomic E-state index is -1.77. The molecule has 2 aromatic rings. The number of nitrogens with one attached hydrogen (secondary N) is 2. The van der Waals surface area contributed by atoms with E-state index in [1.807, 2.05) is 22.9 Å². The fourth-order valence-corrected chi connectivity index (χ4v) is 7.79. The minimum Gasteiger partial charge on any atom is -0.453 e. The zero-order valence-electron chi connectivity index (χ0n) is 20.1. The number of ether oxygens (including phenoxy) is 1. The summed E-state index contributed by atoms with van der Waals surface area (Å²) in [6.07, 6.45) is 7.60. The number of carbonyl (C=O) groups is 2. The molecule has 3 saturated heterocycles. The van der Waals surface area contributed by atoms with Gasteiger partial charge in [0.2, 0.25) is 5.60 Å². The van der Waals surface area contributed by atoms with Gasteiger partial charge in [-0.3, -0.25) is 0 Å². The van der Waals surface area contributed by atoms with Crippen LogP contribution in [-0.2, 0) is 15.1 Å². The van der Waals surface area contributed by atoms with Crippen LogP contribution in [0.3, 0.4) is 0 Å². The molecule has 0 unspecified atom stereocenters. The van der Waals surface area contributed by atoms with E-state index >= 15 is 0 Å². The molecule has 2 aromatic heterocycles. The highest BCUT2D eigenvalue weighted by Gasteiger charge is 2.51. The molecule has 1 atom stereocenters. The Labute approximate surface area is 215 Å². The second kappa shape index (κ2) is 10.6. The molecule has 0 spiro atoms. The van der Waals surface area contributed by atoms with Gasteiger partial charge in [0, 0.05) is 24.8 Å². The number of quaternary nitrogens is 1. The maximum Gasteiger partial charge on any atom is 0.349 e. The quantitative estimate of drug-likeness (QED) is 0.366. The first-order valence-corrected chi connectivity index (χ1v) is 14.7. The van der Waals surface area contributed by atoms with Crippen LogP contribution < -0.4 is 10.6 Å². The van der Waals surface area contributed by atoms with Gasteiger partial charge < -0.3 is 25.0 Å². The summed E-state index contributed by atoms with van der Waals surface area (Å²) in [4.78, 5) is 27.0. The van der Waals surface area contributed by atoms with Crippen molar-refractivity contribution in [1.29, 1.82) is 0 Å². The second-order valence-electron chi connectivity index (χ2n) is 10.4. The number of esters is 1. The van der Waals surface area contributed by atoms with E-state index in [0.717, 1.165) is 56.3 Å². The molecule has 0 radical (unpaired) electrons. The molecule has 2 amide bonds. The normalized spacial score (nSPS) is 26.9. The van der Waals surface area contributed by atoms with Crippen LogP contribution in [-0.4, -0.2) is 66.5 Å². The third kappa shape index (κ3) is 5.28. The van der Waals surface area contributed by atoms with Crippen LogP contribution in [0.4, 0.5) is 4.79 Å². The van der Waals surface area contributed by atoms with Crippen LogP contribution in [0.2, 0.25) is 0 Å². The van der Waals surface area contributed by atoms with Gasteiger partial charge in [-0.1, -0.05) is 31.4 Å². The second-order valence-corrected chi connectivity index (χ2v) is 12.3. The van der Waals surface area contributed by atoms with E-state index in [-0.39, 0.29) is 12.1 Å². The monoisotopic (exact) mass is 518 g/mol. The molecule has 4 aliphatic rings. The summed E-state index contributed by atoms with van der Waals surface area (Å²) in [5.74, 6) is -0.248. The molecule has 6 rings (SSSR count). The van der Waals surface area contributed by atoms with Crippen molar-refractivity contribution in [3.8, 4) is 0 Å². The molecule has 9 heteroatoms. The van der Waals surface area contributed by atoms with Gasteiger partial charge in [-0.05, 0) is 35.7 Å². The average Bonchev–Trinajstić information content (AvgIpc) is 3.60. The van der Waals surface area contributed by atoms with Crippen molar-refractivity contribution < 1.29 is 23.9 Å². The smallest absolute Gasteiger partial charge is 0.349 e. The van der Waals surface area contributed by atoms with Crippen molar-refractivity contribution >= 4 is 34.7 Å². The van der Waals surface area contributed by atoms with E-state index in [9.17, 15) is 14.7 Å². The van der Waals surface area contributed by atoms with Crippen molar-refractivity contribution in [3.63, 3.8) is 0 Å². The van der Waals surface area contributed by atoms with Crippen molar-refractivity contribution in [3.05, 3.63) is 44.8 Å². The van der Waals surface area contributed by atoms with Gasteiger partial charge in [-0.15, -0.1) is 22.7 Å². The third-order valence-corrected chi connectivity index (χ3v) is 10.1. The van der Waals surface area contributed by atoms with Crippen LogP contribution in [0.1, 0.15) is 54.7 Å². The van der Waals surface area contributed by atoms with Gasteiger partial charge >= 0.3 is 12.0 Å². The number of piperidine rings is 3. The molecule has 2 bridgehead atoms. The van der Waals surface area contributed by atoms with E-state index in [1.54, 1.807) is 12.1 Å². The van der Waals surface area contributed by atoms with Crippen LogP contribution in [0, 0.1) is 5.92 Å². The van der Waals surface area contributed by atoms with E-state index < -0.39 is 11.6 Å². The lowest BCUT2D eigenvalue weighted by Crippen LogP contribution is -2.66. The summed E-state index contributed by atoms with van der Waals surface area (Å²) < 4.78 is 6.96. The highest BCUT2D eigenvalue weighted by atomic mass is 32.1. The van der Waals surface area contributed by atoms with Gasteiger partial charge in [-0.2, -0.15) is 0 Å². The number of hydrogen-bond donors (Lipinski definition) is 3. The predicted molar refractivity (Wildman–Crippen MR) is 137 cm³/mol. The molecule has 1 saturated carbocycles. The van der Waals surface area contributed by atoms with Gasteiger partial charge in [0.15, 0.2) is 6.10 Å². The fraction of sp³-hybridized carbons (Fsp3) is 0.615. The zero-order chi connectivity index (χ0) is 24.3. The first kappa shape index (κ1) is 24.7. The minimum absolute atomic E-state index is 0.0677. The zero-order valence-corrected chi connectivity index (χ0v) is 21.8. The largest absolute Gasteiger partial charge is 0.453 e. The highest BCUT2D eigenvalue weighted by molar-refractivity contribution is 7.12. The summed E-state index contributed by atoms with van der Waals surface area (Å²) in [5.41, 5.74) is -1.77. The summed E-state index contributed by atoms with van der Waals surface area (Å²) in [5, 5.41) is 21.5. The molecule has 190 valence electrons. The molecular weight excluding hydrogens is 482 g/mol. The molecule has 3 aliphatic heterocycles. The number of nitrogens with zero attached hydrogens (tertiary/aromatic N) is 1. The number of thiophene rings is 2. The van der Waals surface area contributed by atoms with Crippen molar-refractivity contribution in [2.45, 2.75) is 62.7 Å². The molecule has 3 N–H and O–H groups in total. The highest BCUT2D eigenvalue weighted by Crippen LogP contribution is 2.40. The summed E-state index contributed by atoms with van der Waals surface area (Å²) in [6, 6.07) is 7.51. The first-order valence-electron chi connectivity index (χ1n) is 12.9. The molecule has 1 aliphatic carbocycles. The van der Waals surface area contributed by atoms with E-state index in [1.165, 1.54) is 41.9 Å². The van der Waals surface area contributed by atoms with Gasteiger partial charge in [0.25, 0.3) is 0 Å². The Hall–Kier alpha value is -1.94. The van der Waals surface area contributed by atoms with Crippen LogP contribution in [0.15, 0.2) is 35.0 Å². The molecule has 4 fully saturated rings. The van der Waals surface area contributed by atoms with Gasteiger partial charge in [0.05, 0.1) is 35.9 Å². The predicted octanol–water partition coefficient (Wildman–Crippen LogP) is 3.83. The Morgan fingerprint density at radius 3 is 2.29 bits per heavy atom. The summed E-state index contributed by atoms with van der Waals surface area (Å²) >= 11 is 2.73. The van der Waals surface area contributed by atoms with Crippen LogP contribution >= 0.6 is 22.7 Å². The molecule has 7 nitrogen and oxygen atoms in total. The number of amides is 2. The Morgan fingerprint density at radius 2 is 1.69 bits per heavy atom. The molecule has 0 aromatic carbocycles. The fourth-order valence-electron chi connectivity index (χ4n) is 6.07. The maximum atomic E-state index is 13.5. The van der Waals surface area contributed by atoms with E-state index in [4.69, 9.17) is 4.74 Å². The SMILES string of the molecule is O=C(NCC[N+]12CCC(CC1)[C@@H](OC(=O)C(O)(c1cccs1)c1cccs1)C2)NC1CCCCC1. The Morgan fingerprint density at radius 1 is 1.03 bits per heavy atom. The van der Waals surface area contributed by atoms with E-state index in [0.29, 0.717) is 28.3 Å². The van der Waals surface area contributed by atoms with Crippen LogP contribution in [0.25, 0.3) is 0 Å². The number of hydrogen-bond acceptors (Lipinski definition) is 6. The Balaban J connectivity index is 1.19. The van der Waals surface area contributed by atoms with E-state index in [2.05, 4.69) is 10.6 Å². The number of carbonyl (C=O) groups excluding carboxylic acids is 2. The number of rotatable bonds is 8. The summed E-state index contributed by atoms with van der Waals surface area (Å²) in [7, 11) is 0. The lowest BCUT2D eigenvalue weighted by atomic mass is 9.83. The van der Waals surface area contributed by atoms with Gasteiger partial charge in [-0.25, -0.2) is 9.59 Å². The maximum absolute atomic E-state index is 13.5. The lowest BCUT2D eigenvalue weighted by Gasteiger charge is -2.52. The van der Waals surface area contributed by atoms with Crippen molar-refractivity contribution in [2.24, 2.45) is 5.92 Å². The van der Waals surface area contributed by atoms with Crippen molar-refractivity contribution in [2.75, 3.05) is 32.7 Å². The first-order chi connectivity index (χ1) is 17.0. The number of urea groups is 1. The molecular formula is C26H36N3O4S2+.